The third-order valence-corrected chi connectivity index (χ3v) is 10.8. The molecule has 0 aliphatic carbocycles. The Kier molecular flexibility index (Phi) is 8.82. The Morgan fingerprint density at radius 3 is 2.05 bits per heavy atom. The van der Waals surface area contributed by atoms with Gasteiger partial charge in [0.25, 0.3) is 0 Å². The second-order valence-corrected chi connectivity index (χ2v) is 11.3. The first-order valence-corrected chi connectivity index (χ1v) is 11.3. The van der Waals surface area contributed by atoms with Gasteiger partial charge in [-0.15, -0.1) is 0 Å². The Morgan fingerprint density at radius 2 is 1.55 bits per heavy atom. The minimum absolute atomic E-state index is 0.0623. The highest BCUT2D eigenvalue weighted by molar-refractivity contribution is 6.87. The summed E-state index contributed by atoms with van der Waals surface area (Å²) in [6.07, 6.45) is 6.64. The molecule has 0 radical (unpaired) electrons. The van der Waals surface area contributed by atoms with Crippen molar-refractivity contribution in [2.75, 3.05) is 13.2 Å². The third kappa shape index (κ3) is 5.05. The number of rotatable bonds is 10. The van der Waals surface area contributed by atoms with Crippen LogP contribution in [-0.4, -0.2) is 28.4 Å². The van der Waals surface area contributed by atoms with Crippen molar-refractivity contribution in [1.82, 2.24) is 0 Å². The molecule has 0 spiro atoms. The minimum atomic E-state index is -1.27. The normalized spacial score (nSPS) is 17.0. The standard InChI is InChI=1S/C16H33BO2Si/c1-5-9-10-11-12-16(15-17-18-13-14-19-17)20(6-2,7-3)8-4/h15H,5-14H2,1-4H3/b16-15-. The van der Waals surface area contributed by atoms with Gasteiger partial charge in [0.05, 0.1) is 21.3 Å². The SMILES string of the molecule is CCCCCC/C(=C/B1OCCO1)[Si](CC)(CC)CC. The Morgan fingerprint density at radius 1 is 0.950 bits per heavy atom. The fourth-order valence-corrected chi connectivity index (χ4v) is 7.39. The summed E-state index contributed by atoms with van der Waals surface area (Å²) in [6, 6.07) is 4.06. The van der Waals surface area contributed by atoms with Gasteiger partial charge in [-0.2, -0.15) is 0 Å². The molecule has 20 heavy (non-hydrogen) atoms. The van der Waals surface area contributed by atoms with Crippen LogP contribution in [0.3, 0.4) is 0 Å². The van der Waals surface area contributed by atoms with Crippen molar-refractivity contribution in [1.29, 1.82) is 0 Å². The van der Waals surface area contributed by atoms with E-state index in [1.54, 1.807) is 5.20 Å². The molecule has 1 aliphatic rings. The maximum atomic E-state index is 5.66. The van der Waals surface area contributed by atoms with Crippen LogP contribution in [0.15, 0.2) is 11.2 Å². The molecule has 1 saturated heterocycles. The molecule has 4 heteroatoms. The van der Waals surface area contributed by atoms with Crippen LogP contribution in [0.2, 0.25) is 18.1 Å². The number of hydrogen-bond donors (Lipinski definition) is 0. The lowest BCUT2D eigenvalue weighted by molar-refractivity contribution is 0.365. The fraction of sp³-hybridized carbons (Fsp3) is 0.875. The van der Waals surface area contributed by atoms with Crippen LogP contribution in [-0.2, 0) is 9.31 Å². The fourth-order valence-electron chi connectivity index (χ4n) is 3.34. The lowest BCUT2D eigenvalue weighted by Gasteiger charge is -2.32. The van der Waals surface area contributed by atoms with Gasteiger partial charge < -0.3 is 9.31 Å². The summed E-state index contributed by atoms with van der Waals surface area (Å²) < 4.78 is 11.3. The maximum absolute atomic E-state index is 5.66. The second kappa shape index (κ2) is 9.80. The van der Waals surface area contributed by atoms with Gasteiger partial charge in [-0.1, -0.05) is 76.3 Å². The van der Waals surface area contributed by atoms with Gasteiger partial charge >= 0.3 is 7.12 Å². The molecule has 0 bridgehead atoms. The van der Waals surface area contributed by atoms with E-state index in [0.29, 0.717) is 0 Å². The molecule has 1 fully saturated rings. The molecule has 116 valence electrons. The van der Waals surface area contributed by atoms with E-state index in [0.717, 1.165) is 13.2 Å². The van der Waals surface area contributed by atoms with Gasteiger partial charge in [0.1, 0.15) is 0 Å². The van der Waals surface area contributed by atoms with Crippen LogP contribution in [0.4, 0.5) is 0 Å². The summed E-state index contributed by atoms with van der Waals surface area (Å²) in [4.78, 5) is 0. The molecule has 0 unspecified atom stereocenters. The van der Waals surface area contributed by atoms with Gasteiger partial charge in [-0.3, -0.25) is 0 Å². The molecule has 0 aromatic heterocycles. The largest absolute Gasteiger partial charge is 0.485 e. The molecular weight excluding hydrogens is 263 g/mol. The van der Waals surface area contributed by atoms with Crippen LogP contribution in [0.25, 0.3) is 0 Å². The second-order valence-electron chi connectivity index (χ2n) is 5.95. The van der Waals surface area contributed by atoms with Crippen molar-refractivity contribution in [2.24, 2.45) is 0 Å². The number of hydrogen-bond acceptors (Lipinski definition) is 2. The molecule has 1 heterocycles. The molecule has 0 aromatic carbocycles. The zero-order chi connectivity index (χ0) is 14.8. The van der Waals surface area contributed by atoms with E-state index in [2.05, 4.69) is 33.7 Å². The quantitative estimate of drug-likeness (QED) is 0.417. The summed E-state index contributed by atoms with van der Waals surface area (Å²) in [7, 11) is -1.34. The molecule has 0 amide bonds. The van der Waals surface area contributed by atoms with Crippen LogP contribution >= 0.6 is 0 Å². The number of allylic oxidation sites excluding steroid dienone is 1. The van der Waals surface area contributed by atoms with E-state index >= 15 is 0 Å². The van der Waals surface area contributed by atoms with Crippen molar-refractivity contribution < 1.29 is 9.31 Å². The molecule has 1 aliphatic heterocycles. The molecule has 1 rings (SSSR count). The van der Waals surface area contributed by atoms with E-state index < -0.39 is 8.07 Å². The van der Waals surface area contributed by atoms with Gasteiger partial charge in [0.15, 0.2) is 0 Å². The molecule has 0 aromatic rings. The Hall–Kier alpha value is -0.0582. The van der Waals surface area contributed by atoms with Crippen LogP contribution < -0.4 is 0 Å². The molecule has 0 atom stereocenters. The first-order chi connectivity index (χ1) is 9.72. The Balaban J connectivity index is 2.75. The smallest absolute Gasteiger partial charge is 0.405 e. The molecular formula is C16H33BO2Si. The van der Waals surface area contributed by atoms with Gasteiger partial charge in [-0.25, -0.2) is 0 Å². The lowest BCUT2D eigenvalue weighted by Crippen LogP contribution is -2.36. The van der Waals surface area contributed by atoms with Crippen LogP contribution in [0, 0.1) is 0 Å². The summed E-state index contributed by atoms with van der Waals surface area (Å²) in [5.41, 5.74) is 0. The van der Waals surface area contributed by atoms with E-state index in [4.69, 9.17) is 9.31 Å². The van der Waals surface area contributed by atoms with Gasteiger partial charge in [0, 0.05) is 0 Å². The van der Waals surface area contributed by atoms with E-state index in [1.165, 1.54) is 50.2 Å². The number of unbranched alkanes of at least 4 members (excludes halogenated alkanes) is 3. The summed E-state index contributed by atoms with van der Waals surface area (Å²) in [6.45, 7) is 10.9. The first-order valence-electron chi connectivity index (χ1n) is 8.66. The molecule has 0 N–H and O–H groups in total. The van der Waals surface area contributed by atoms with E-state index in [-0.39, 0.29) is 7.12 Å². The van der Waals surface area contributed by atoms with Crippen molar-refractivity contribution in [2.45, 2.75) is 77.9 Å². The van der Waals surface area contributed by atoms with Crippen LogP contribution in [0.5, 0.6) is 0 Å². The summed E-state index contributed by atoms with van der Waals surface area (Å²) in [5, 5.41) is 1.72. The first kappa shape index (κ1) is 18.0. The summed E-state index contributed by atoms with van der Waals surface area (Å²) in [5.74, 6) is 2.35. The van der Waals surface area contributed by atoms with Crippen molar-refractivity contribution in [3.63, 3.8) is 0 Å². The lowest BCUT2D eigenvalue weighted by atomic mass is 9.89. The van der Waals surface area contributed by atoms with Crippen molar-refractivity contribution >= 4 is 15.2 Å². The average Bonchev–Trinajstić information content (AvgIpc) is 2.98. The zero-order valence-corrected chi connectivity index (χ0v) is 15.0. The van der Waals surface area contributed by atoms with E-state index in [9.17, 15) is 0 Å². The highest BCUT2D eigenvalue weighted by Gasteiger charge is 2.33. The predicted molar refractivity (Wildman–Crippen MR) is 91.7 cm³/mol. The Labute approximate surface area is 127 Å². The highest BCUT2D eigenvalue weighted by atomic mass is 28.3. The van der Waals surface area contributed by atoms with Gasteiger partial charge in [-0.05, 0) is 12.8 Å². The van der Waals surface area contributed by atoms with Gasteiger partial charge in [0.2, 0.25) is 0 Å². The van der Waals surface area contributed by atoms with Crippen molar-refractivity contribution in [3.05, 3.63) is 11.2 Å². The minimum Gasteiger partial charge on any atom is -0.405 e. The zero-order valence-electron chi connectivity index (χ0n) is 14.0. The Bertz CT molecular complexity index is 276. The third-order valence-electron chi connectivity index (χ3n) is 5.00. The van der Waals surface area contributed by atoms with E-state index in [1.807, 2.05) is 0 Å². The monoisotopic (exact) mass is 296 g/mol. The topological polar surface area (TPSA) is 18.5 Å². The predicted octanol–water partition coefficient (Wildman–Crippen LogP) is 5.01. The maximum Gasteiger partial charge on any atom is 0.485 e. The molecule has 0 saturated carbocycles. The van der Waals surface area contributed by atoms with Crippen LogP contribution in [0.1, 0.15) is 59.8 Å². The summed E-state index contributed by atoms with van der Waals surface area (Å²) >= 11 is 0. The highest BCUT2D eigenvalue weighted by Crippen LogP contribution is 2.32. The van der Waals surface area contributed by atoms with Crippen molar-refractivity contribution in [3.8, 4) is 0 Å². The average molecular weight is 296 g/mol. The molecule has 2 nitrogen and oxygen atoms in total.